The summed E-state index contributed by atoms with van der Waals surface area (Å²) in [5, 5.41) is 7.52. The van der Waals surface area contributed by atoms with Gasteiger partial charge in [0.05, 0.1) is 0 Å². The van der Waals surface area contributed by atoms with Crippen LogP contribution in [0.1, 0.15) is 62.9 Å². The zero-order valence-electron chi connectivity index (χ0n) is 19.3. The number of piperazine rings is 1. The Morgan fingerprint density at radius 3 is 2.45 bits per heavy atom. The van der Waals surface area contributed by atoms with Crippen molar-refractivity contribution in [1.29, 1.82) is 0 Å². The molecule has 1 fully saturated rings. The SMILES string of the molecule is CCC(c1ccccc1)N1CCN(C(=NC)NCCCc2nc(C(C)C)no2)CC1.I. The van der Waals surface area contributed by atoms with E-state index in [2.05, 4.69) is 81.4 Å². The van der Waals surface area contributed by atoms with Crippen LogP contribution in [0.5, 0.6) is 0 Å². The molecule has 2 aromatic rings. The van der Waals surface area contributed by atoms with Crippen LogP contribution in [0.3, 0.4) is 0 Å². The molecule has 1 unspecified atom stereocenters. The number of halogens is 1. The minimum absolute atomic E-state index is 0. The lowest BCUT2D eigenvalue weighted by Gasteiger charge is -2.40. The minimum atomic E-state index is 0. The third-order valence-electron chi connectivity index (χ3n) is 5.69. The summed E-state index contributed by atoms with van der Waals surface area (Å²) >= 11 is 0. The van der Waals surface area contributed by atoms with Gasteiger partial charge in [-0.25, -0.2) is 0 Å². The first-order valence-electron chi connectivity index (χ1n) is 11.2. The van der Waals surface area contributed by atoms with Gasteiger partial charge in [0, 0.05) is 58.2 Å². The second kappa shape index (κ2) is 13.0. The van der Waals surface area contributed by atoms with Crippen LogP contribution in [-0.2, 0) is 6.42 Å². The maximum absolute atomic E-state index is 5.32. The number of benzene rings is 1. The molecule has 1 aromatic carbocycles. The van der Waals surface area contributed by atoms with E-state index in [-0.39, 0.29) is 24.0 Å². The number of aliphatic imine (C=N–C) groups is 1. The molecule has 1 aromatic heterocycles. The molecule has 31 heavy (non-hydrogen) atoms. The summed E-state index contributed by atoms with van der Waals surface area (Å²) in [7, 11) is 1.86. The molecular formula is C23H37IN6O. The van der Waals surface area contributed by atoms with Crippen molar-refractivity contribution < 1.29 is 4.52 Å². The maximum Gasteiger partial charge on any atom is 0.226 e. The Morgan fingerprint density at radius 2 is 1.87 bits per heavy atom. The first-order valence-corrected chi connectivity index (χ1v) is 11.2. The van der Waals surface area contributed by atoms with E-state index in [1.54, 1.807) is 0 Å². The van der Waals surface area contributed by atoms with Gasteiger partial charge in [0.15, 0.2) is 11.8 Å². The molecule has 1 aliphatic rings. The van der Waals surface area contributed by atoms with Gasteiger partial charge in [-0.2, -0.15) is 4.98 Å². The van der Waals surface area contributed by atoms with Crippen LogP contribution >= 0.6 is 24.0 Å². The van der Waals surface area contributed by atoms with Crippen molar-refractivity contribution in [1.82, 2.24) is 25.3 Å². The molecule has 0 bridgehead atoms. The smallest absolute Gasteiger partial charge is 0.226 e. The summed E-state index contributed by atoms with van der Waals surface area (Å²) in [6.45, 7) is 11.3. The van der Waals surface area contributed by atoms with E-state index in [0.29, 0.717) is 12.0 Å². The lowest BCUT2D eigenvalue weighted by molar-refractivity contribution is 0.127. The molecule has 0 amide bonds. The maximum atomic E-state index is 5.32. The number of hydrogen-bond acceptors (Lipinski definition) is 5. The van der Waals surface area contributed by atoms with E-state index >= 15 is 0 Å². The number of aryl methyl sites for hydroxylation is 1. The average Bonchev–Trinajstić information content (AvgIpc) is 3.25. The zero-order valence-corrected chi connectivity index (χ0v) is 21.6. The Labute approximate surface area is 203 Å². The standard InChI is InChI=1S/C23H36N6O.HI/c1-5-20(19-10-7-6-8-11-19)28-14-16-29(17-15-28)23(24-4)25-13-9-12-21-26-22(18(2)3)27-30-21;/h6-8,10-11,18,20H,5,9,12-17H2,1-4H3,(H,24,25);1H. The number of rotatable bonds is 8. The summed E-state index contributed by atoms with van der Waals surface area (Å²) in [4.78, 5) is 13.9. The first-order chi connectivity index (χ1) is 14.6. The monoisotopic (exact) mass is 540 g/mol. The van der Waals surface area contributed by atoms with Gasteiger partial charge < -0.3 is 14.7 Å². The largest absolute Gasteiger partial charge is 0.356 e. The summed E-state index contributed by atoms with van der Waals surface area (Å²) in [5.74, 6) is 2.78. The Hall–Kier alpha value is -1.68. The lowest BCUT2D eigenvalue weighted by atomic mass is 10.0. The lowest BCUT2D eigenvalue weighted by Crippen LogP contribution is -2.53. The first kappa shape index (κ1) is 25.6. The normalized spacial score (nSPS) is 16.3. The van der Waals surface area contributed by atoms with E-state index in [9.17, 15) is 0 Å². The molecule has 1 aliphatic heterocycles. The van der Waals surface area contributed by atoms with Crippen LogP contribution < -0.4 is 5.32 Å². The number of aromatic nitrogens is 2. The molecule has 2 heterocycles. The van der Waals surface area contributed by atoms with E-state index in [1.807, 2.05) is 7.05 Å². The number of nitrogens with one attached hydrogen (secondary N) is 1. The summed E-state index contributed by atoms with van der Waals surface area (Å²) in [5.41, 5.74) is 1.41. The zero-order chi connectivity index (χ0) is 21.3. The highest BCUT2D eigenvalue weighted by Crippen LogP contribution is 2.25. The molecule has 0 aliphatic carbocycles. The number of nitrogens with zero attached hydrogens (tertiary/aromatic N) is 5. The van der Waals surface area contributed by atoms with Gasteiger partial charge in [0.2, 0.25) is 5.89 Å². The third kappa shape index (κ3) is 7.17. The van der Waals surface area contributed by atoms with Crippen LogP contribution in [0, 0.1) is 0 Å². The van der Waals surface area contributed by atoms with Gasteiger partial charge >= 0.3 is 0 Å². The predicted molar refractivity (Wildman–Crippen MR) is 136 cm³/mol. The van der Waals surface area contributed by atoms with E-state index in [4.69, 9.17) is 4.52 Å². The Balaban J connectivity index is 0.00000341. The Bertz CT molecular complexity index is 786. The molecule has 3 rings (SSSR count). The molecular weight excluding hydrogens is 503 g/mol. The fraction of sp³-hybridized carbons (Fsp3) is 0.609. The van der Waals surface area contributed by atoms with E-state index < -0.39 is 0 Å². The summed E-state index contributed by atoms with van der Waals surface area (Å²) < 4.78 is 5.32. The second-order valence-corrected chi connectivity index (χ2v) is 8.14. The second-order valence-electron chi connectivity index (χ2n) is 8.14. The topological polar surface area (TPSA) is 69.8 Å². The van der Waals surface area contributed by atoms with Gasteiger partial charge in [0.1, 0.15) is 0 Å². The van der Waals surface area contributed by atoms with Crippen molar-refractivity contribution in [2.75, 3.05) is 39.8 Å². The molecule has 1 N–H and O–H groups in total. The third-order valence-corrected chi connectivity index (χ3v) is 5.69. The van der Waals surface area contributed by atoms with Crippen LogP contribution in [0.15, 0.2) is 39.8 Å². The molecule has 7 nitrogen and oxygen atoms in total. The van der Waals surface area contributed by atoms with Gasteiger partial charge in [-0.1, -0.05) is 56.3 Å². The Morgan fingerprint density at radius 1 is 1.16 bits per heavy atom. The van der Waals surface area contributed by atoms with E-state index in [1.165, 1.54) is 5.56 Å². The van der Waals surface area contributed by atoms with Gasteiger partial charge in [-0.3, -0.25) is 9.89 Å². The highest BCUT2D eigenvalue weighted by molar-refractivity contribution is 14.0. The minimum Gasteiger partial charge on any atom is -0.356 e. The molecule has 1 atom stereocenters. The van der Waals surface area contributed by atoms with Crippen molar-refractivity contribution in [3.63, 3.8) is 0 Å². The van der Waals surface area contributed by atoms with Crippen molar-refractivity contribution in [2.24, 2.45) is 4.99 Å². The summed E-state index contributed by atoms with van der Waals surface area (Å²) in [6, 6.07) is 11.3. The van der Waals surface area contributed by atoms with Gasteiger partial charge in [-0.05, 0) is 18.4 Å². The molecule has 172 valence electrons. The highest BCUT2D eigenvalue weighted by atomic mass is 127. The van der Waals surface area contributed by atoms with Crippen LogP contribution in [0.2, 0.25) is 0 Å². The fourth-order valence-electron chi connectivity index (χ4n) is 4.00. The van der Waals surface area contributed by atoms with Crippen molar-refractivity contribution in [2.45, 2.75) is 52.0 Å². The Kier molecular flexibility index (Phi) is 10.7. The predicted octanol–water partition coefficient (Wildman–Crippen LogP) is 4.09. The van der Waals surface area contributed by atoms with Crippen LogP contribution in [0.25, 0.3) is 0 Å². The fourth-order valence-corrected chi connectivity index (χ4v) is 4.00. The van der Waals surface area contributed by atoms with Crippen LogP contribution in [-0.4, -0.2) is 65.7 Å². The van der Waals surface area contributed by atoms with E-state index in [0.717, 1.165) is 69.7 Å². The molecule has 0 radical (unpaired) electrons. The molecule has 0 saturated carbocycles. The highest BCUT2D eigenvalue weighted by Gasteiger charge is 2.25. The van der Waals surface area contributed by atoms with Crippen LogP contribution in [0.4, 0.5) is 0 Å². The number of hydrogen-bond donors (Lipinski definition) is 1. The average molecular weight is 540 g/mol. The molecule has 8 heteroatoms. The van der Waals surface area contributed by atoms with Crippen molar-refractivity contribution >= 4 is 29.9 Å². The van der Waals surface area contributed by atoms with Gasteiger partial charge in [0.25, 0.3) is 0 Å². The van der Waals surface area contributed by atoms with Crippen molar-refractivity contribution in [3.05, 3.63) is 47.6 Å². The number of guanidine groups is 1. The van der Waals surface area contributed by atoms with Gasteiger partial charge in [-0.15, -0.1) is 24.0 Å². The quantitative estimate of drug-likeness (QED) is 0.236. The molecule has 1 saturated heterocycles. The summed E-state index contributed by atoms with van der Waals surface area (Å²) in [6.07, 6.45) is 2.85. The van der Waals surface area contributed by atoms with Crippen molar-refractivity contribution in [3.8, 4) is 0 Å². The molecule has 0 spiro atoms.